The van der Waals surface area contributed by atoms with Crippen molar-refractivity contribution in [3.63, 3.8) is 0 Å². The van der Waals surface area contributed by atoms with Crippen molar-refractivity contribution in [1.29, 1.82) is 0 Å². The van der Waals surface area contributed by atoms with Crippen molar-refractivity contribution in [2.24, 2.45) is 0 Å². The molecule has 7 nitrogen and oxygen atoms in total. The summed E-state index contributed by atoms with van der Waals surface area (Å²) >= 11 is 0. The molecule has 0 atom stereocenters. The number of ether oxygens (including phenoxy) is 1. The van der Waals surface area contributed by atoms with Crippen molar-refractivity contribution >= 4 is 11.8 Å². The highest BCUT2D eigenvalue weighted by Gasteiger charge is 2.33. The van der Waals surface area contributed by atoms with Gasteiger partial charge in [-0.15, -0.1) is 0 Å². The van der Waals surface area contributed by atoms with Gasteiger partial charge in [-0.2, -0.15) is 0 Å². The van der Waals surface area contributed by atoms with Crippen molar-refractivity contribution in [1.82, 2.24) is 5.16 Å². The Morgan fingerprint density at radius 3 is 2.61 bits per heavy atom. The monoisotopic (exact) mass is 248 g/mol. The normalized spacial score (nSPS) is 10.1. The predicted octanol–water partition coefficient (Wildman–Crippen LogP) is 2.04. The summed E-state index contributed by atoms with van der Waals surface area (Å²) in [5.41, 5.74) is 0.229. The van der Waals surface area contributed by atoms with Crippen LogP contribution in [0.25, 0.3) is 11.3 Å². The number of nitrogens with zero attached hydrogens (tertiary/aromatic N) is 2. The molecule has 7 heteroatoms. The number of methoxy groups -OCH3 is 1. The average Bonchev–Trinajstić information content (AvgIpc) is 2.83. The topological polar surface area (TPSA) is 95.5 Å². The number of benzene rings is 1. The Hall–Kier alpha value is -2.70. The Morgan fingerprint density at radius 1 is 1.39 bits per heavy atom. The third kappa shape index (κ3) is 1.93. The van der Waals surface area contributed by atoms with E-state index < -0.39 is 16.7 Å². The molecule has 0 saturated carbocycles. The fraction of sp³-hybridized carbons (Fsp3) is 0.0909. The van der Waals surface area contributed by atoms with Crippen molar-refractivity contribution in [2.45, 2.75) is 0 Å². The van der Waals surface area contributed by atoms with Crippen LogP contribution in [0.15, 0.2) is 34.9 Å². The molecule has 0 amide bonds. The number of carbonyl (C=O) groups is 1. The number of esters is 1. The van der Waals surface area contributed by atoms with Gasteiger partial charge in [0.2, 0.25) is 11.3 Å². The number of carbonyl (C=O) groups excluding carboxylic acids is 1. The molecule has 0 saturated heterocycles. The van der Waals surface area contributed by atoms with Crippen LogP contribution in [0.1, 0.15) is 10.4 Å². The van der Waals surface area contributed by atoms with Gasteiger partial charge in [0.1, 0.15) is 0 Å². The quantitative estimate of drug-likeness (QED) is 0.468. The lowest BCUT2D eigenvalue weighted by Gasteiger charge is -1.98. The molecule has 0 fully saturated rings. The average molecular weight is 248 g/mol. The summed E-state index contributed by atoms with van der Waals surface area (Å²) in [5.74, 6) is -1.49. The number of nitro groups is 1. The molecule has 0 aliphatic heterocycles. The van der Waals surface area contributed by atoms with Gasteiger partial charge in [0, 0.05) is 5.56 Å². The van der Waals surface area contributed by atoms with E-state index >= 15 is 0 Å². The van der Waals surface area contributed by atoms with Gasteiger partial charge in [-0.25, -0.2) is 4.79 Å². The second-order valence-electron chi connectivity index (χ2n) is 3.33. The largest absolute Gasteiger partial charge is 0.465 e. The summed E-state index contributed by atoms with van der Waals surface area (Å²) < 4.78 is 9.38. The van der Waals surface area contributed by atoms with Gasteiger partial charge in [0.15, 0.2) is 5.16 Å². The first-order chi connectivity index (χ1) is 8.65. The number of hydrogen-bond acceptors (Lipinski definition) is 6. The number of aromatic nitrogens is 1. The summed E-state index contributed by atoms with van der Waals surface area (Å²) in [6.07, 6.45) is 0. The second kappa shape index (κ2) is 4.66. The van der Waals surface area contributed by atoms with Crippen LogP contribution in [0.5, 0.6) is 0 Å². The van der Waals surface area contributed by atoms with E-state index in [1.807, 2.05) is 0 Å². The maximum absolute atomic E-state index is 11.6. The molecule has 1 heterocycles. The Kier molecular flexibility index (Phi) is 3.05. The summed E-state index contributed by atoms with van der Waals surface area (Å²) in [7, 11) is 1.13. The van der Waals surface area contributed by atoms with Crippen LogP contribution in [-0.2, 0) is 4.74 Å². The number of hydrogen-bond donors (Lipinski definition) is 0. The summed E-state index contributed by atoms with van der Waals surface area (Å²) in [6, 6.07) is 8.49. The minimum Gasteiger partial charge on any atom is -0.465 e. The first kappa shape index (κ1) is 11.8. The van der Waals surface area contributed by atoms with E-state index in [-0.39, 0.29) is 11.3 Å². The minimum absolute atomic E-state index is 0.0224. The maximum Gasteiger partial charge on any atom is 0.428 e. The van der Waals surface area contributed by atoms with Crippen LogP contribution in [0, 0.1) is 10.1 Å². The zero-order valence-corrected chi connectivity index (χ0v) is 9.32. The van der Waals surface area contributed by atoms with Gasteiger partial charge in [-0.05, 0) is 4.92 Å². The van der Waals surface area contributed by atoms with Gasteiger partial charge in [-0.3, -0.25) is 4.52 Å². The number of rotatable bonds is 3. The van der Waals surface area contributed by atoms with E-state index in [0.717, 1.165) is 7.11 Å². The Bertz CT molecular complexity index is 591. The summed E-state index contributed by atoms with van der Waals surface area (Å²) in [6.45, 7) is 0. The maximum atomic E-state index is 11.6. The van der Waals surface area contributed by atoms with Crippen LogP contribution >= 0.6 is 0 Å². The highest BCUT2D eigenvalue weighted by Crippen LogP contribution is 2.30. The zero-order valence-electron chi connectivity index (χ0n) is 9.32. The van der Waals surface area contributed by atoms with Crippen LogP contribution < -0.4 is 0 Å². The van der Waals surface area contributed by atoms with E-state index in [1.54, 1.807) is 30.3 Å². The smallest absolute Gasteiger partial charge is 0.428 e. The minimum atomic E-state index is -0.859. The Morgan fingerprint density at radius 2 is 2.06 bits per heavy atom. The van der Waals surface area contributed by atoms with Gasteiger partial charge < -0.3 is 14.9 Å². The van der Waals surface area contributed by atoms with Crippen LogP contribution in [0.3, 0.4) is 0 Å². The standard InChI is InChI=1S/C11H8N2O5/c1-17-11(14)8-9(7-5-3-2-4-6-7)18-12-10(8)13(15)16/h2-6H,1H3. The highest BCUT2D eigenvalue weighted by atomic mass is 16.6. The summed E-state index contributed by atoms with van der Waals surface area (Å²) in [4.78, 5) is 21.5. The molecule has 1 aromatic carbocycles. The third-order valence-corrected chi connectivity index (χ3v) is 2.27. The van der Waals surface area contributed by atoms with Gasteiger partial charge in [0.25, 0.3) is 0 Å². The van der Waals surface area contributed by atoms with E-state index in [9.17, 15) is 14.9 Å². The van der Waals surface area contributed by atoms with E-state index in [4.69, 9.17) is 4.52 Å². The lowest BCUT2D eigenvalue weighted by atomic mass is 10.1. The predicted molar refractivity (Wildman–Crippen MR) is 59.9 cm³/mol. The Balaban J connectivity index is 2.62. The lowest BCUT2D eigenvalue weighted by Crippen LogP contribution is -2.05. The van der Waals surface area contributed by atoms with E-state index in [0.29, 0.717) is 5.56 Å². The van der Waals surface area contributed by atoms with Gasteiger partial charge in [0.05, 0.1) is 7.11 Å². The lowest BCUT2D eigenvalue weighted by molar-refractivity contribution is -0.391. The van der Waals surface area contributed by atoms with E-state index in [2.05, 4.69) is 9.89 Å². The van der Waals surface area contributed by atoms with Gasteiger partial charge >= 0.3 is 11.8 Å². The van der Waals surface area contributed by atoms with Crippen molar-refractivity contribution in [3.8, 4) is 11.3 Å². The molecule has 0 unspecified atom stereocenters. The molecule has 92 valence electrons. The van der Waals surface area contributed by atoms with Crippen LogP contribution in [0.2, 0.25) is 0 Å². The van der Waals surface area contributed by atoms with Gasteiger partial charge in [-0.1, -0.05) is 30.3 Å². The second-order valence-corrected chi connectivity index (χ2v) is 3.33. The van der Waals surface area contributed by atoms with Crippen molar-refractivity contribution < 1.29 is 19.0 Å². The molecule has 0 bridgehead atoms. The molecule has 0 N–H and O–H groups in total. The molecular weight excluding hydrogens is 240 g/mol. The molecule has 18 heavy (non-hydrogen) atoms. The molecule has 2 rings (SSSR count). The highest BCUT2D eigenvalue weighted by molar-refractivity contribution is 5.99. The molecule has 1 aromatic heterocycles. The van der Waals surface area contributed by atoms with E-state index in [1.165, 1.54) is 0 Å². The first-order valence-corrected chi connectivity index (χ1v) is 4.93. The summed E-state index contributed by atoms with van der Waals surface area (Å²) in [5, 5.41) is 14.0. The molecule has 0 radical (unpaired) electrons. The molecule has 0 aliphatic carbocycles. The SMILES string of the molecule is COC(=O)c1c([N+](=O)[O-])noc1-c1ccccc1. The molecule has 0 spiro atoms. The molecule has 0 aliphatic rings. The van der Waals surface area contributed by atoms with Crippen molar-refractivity contribution in [3.05, 3.63) is 46.0 Å². The molecular formula is C11H8N2O5. The van der Waals surface area contributed by atoms with Crippen LogP contribution in [0.4, 0.5) is 5.82 Å². The van der Waals surface area contributed by atoms with Crippen LogP contribution in [-0.4, -0.2) is 23.2 Å². The zero-order chi connectivity index (χ0) is 13.1. The molecule has 2 aromatic rings. The fourth-order valence-electron chi connectivity index (χ4n) is 1.48. The van der Waals surface area contributed by atoms with Crippen molar-refractivity contribution in [2.75, 3.05) is 7.11 Å². The Labute approximate surface area is 101 Å². The fourth-order valence-corrected chi connectivity index (χ4v) is 1.48. The first-order valence-electron chi connectivity index (χ1n) is 4.93. The third-order valence-electron chi connectivity index (χ3n) is 2.27.